The van der Waals surface area contributed by atoms with Crippen LogP contribution in [0.1, 0.15) is 70.9 Å². The molecule has 0 unspecified atom stereocenters. The van der Waals surface area contributed by atoms with E-state index >= 15 is 0 Å². The summed E-state index contributed by atoms with van der Waals surface area (Å²) < 4.78 is 6.86. The molecule has 26 heavy (non-hydrogen) atoms. The summed E-state index contributed by atoms with van der Waals surface area (Å²) >= 11 is 3.13. The van der Waals surface area contributed by atoms with Gasteiger partial charge in [0.2, 0.25) is 11.8 Å². The number of nitrogens with zero attached hydrogens (tertiary/aromatic N) is 2. The monoisotopic (exact) mass is 393 g/mol. The molecule has 1 aliphatic carbocycles. The van der Waals surface area contributed by atoms with E-state index in [4.69, 9.17) is 4.42 Å². The van der Waals surface area contributed by atoms with Gasteiger partial charge in [-0.25, -0.2) is 9.97 Å². The number of thioether (sulfide) groups is 1. The van der Waals surface area contributed by atoms with Crippen molar-refractivity contribution in [3.63, 3.8) is 0 Å². The first-order valence-electron chi connectivity index (χ1n) is 9.24. The van der Waals surface area contributed by atoms with Crippen LogP contribution in [0.4, 0.5) is 5.13 Å². The van der Waals surface area contributed by atoms with Gasteiger partial charge in [-0.05, 0) is 18.8 Å². The van der Waals surface area contributed by atoms with E-state index < -0.39 is 0 Å². The van der Waals surface area contributed by atoms with Crippen molar-refractivity contribution in [3.05, 3.63) is 24.0 Å². The number of carbonyl (C=O) groups is 1. The van der Waals surface area contributed by atoms with Gasteiger partial charge in [0.05, 0.1) is 22.4 Å². The van der Waals surface area contributed by atoms with Gasteiger partial charge in [-0.2, -0.15) is 0 Å². The normalized spacial score (nSPS) is 16.0. The van der Waals surface area contributed by atoms with E-state index in [0.717, 1.165) is 15.9 Å². The molecule has 2 aromatic heterocycles. The summed E-state index contributed by atoms with van der Waals surface area (Å²) in [7, 11) is 0. The van der Waals surface area contributed by atoms with E-state index in [2.05, 4.69) is 36.1 Å². The predicted octanol–water partition coefficient (Wildman–Crippen LogP) is 5.63. The Kier molecular flexibility index (Phi) is 6.40. The van der Waals surface area contributed by atoms with Gasteiger partial charge in [0.1, 0.15) is 5.76 Å². The molecule has 1 N–H and O–H groups in total. The van der Waals surface area contributed by atoms with Gasteiger partial charge in [0.15, 0.2) is 5.13 Å². The van der Waals surface area contributed by atoms with Gasteiger partial charge in [-0.15, -0.1) is 11.8 Å². The van der Waals surface area contributed by atoms with E-state index in [1.165, 1.54) is 43.4 Å². The molecule has 1 amide bonds. The molecule has 1 aliphatic rings. The van der Waals surface area contributed by atoms with Crippen molar-refractivity contribution >= 4 is 34.1 Å². The average molecular weight is 394 g/mol. The Bertz CT molecular complexity index is 727. The quantitative estimate of drug-likeness (QED) is 0.644. The number of oxazole rings is 1. The van der Waals surface area contributed by atoms with Crippen LogP contribution in [0.15, 0.2) is 21.0 Å². The fourth-order valence-corrected chi connectivity index (χ4v) is 4.81. The van der Waals surface area contributed by atoms with Crippen LogP contribution >= 0.6 is 23.1 Å². The second kappa shape index (κ2) is 8.57. The van der Waals surface area contributed by atoms with Gasteiger partial charge < -0.3 is 9.73 Å². The Balaban J connectivity index is 1.47. The third-order valence-electron chi connectivity index (χ3n) is 4.56. The second-order valence-corrected chi connectivity index (χ2v) is 10.2. The van der Waals surface area contributed by atoms with Gasteiger partial charge in [-0.1, -0.05) is 51.4 Å². The summed E-state index contributed by atoms with van der Waals surface area (Å²) in [5.74, 6) is 2.91. The molecule has 1 fully saturated rings. The predicted molar refractivity (Wildman–Crippen MR) is 107 cm³/mol. The molecule has 0 saturated heterocycles. The molecule has 0 aliphatic heterocycles. The Labute approximate surface area is 163 Å². The Morgan fingerprint density at radius 2 is 2.04 bits per heavy atom. The van der Waals surface area contributed by atoms with Crippen LogP contribution in [0.25, 0.3) is 0 Å². The van der Waals surface area contributed by atoms with E-state index in [1.807, 2.05) is 0 Å². The maximum atomic E-state index is 12.2. The fraction of sp³-hybridized carbons (Fsp3) is 0.632. The summed E-state index contributed by atoms with van der Waals surface area (Å²) in [6.07, 6.45) is 10.4. The highest BCUT2D eigenvalue weighted by molar-refractivity contribution is 8.00. The van der Waals surface area contributed by atoms with E-state index in [1.54, 1.807) is 24.2 Å². The highest BCUT2D eigenvalue weighted by Gasteiger charge is 2.20. The van der Waals surface area contributed by atoms with Crippen LogP contribution in [0.3, 0.4) is 0 Å². The molecular formula is C19H27N3O2S2. The largest absolute Gasteiger partial charge is 0.444 e. The lowest BCUT2D eigenvalue weighted by molar-refractivity contribution is -0.117. The number of aromatic nitrogens is 2. The zero-order chi connectivity index (χ0) is 18.6. The first-order chi connectivity index (χ1) is 12.4. The van der Waals surface area contributed by atoms with Crippen molar-refractivity contribution in [2.75, 3.05) is 5.32 Å². The molecule has 142 valence electrons. The average Bonchev–Trinajstić information content (AvgIpc) is 3.22. The summed E-state index contributed by atoms with van der Waals surface area (Å²) in [5, 5.41) is 3.62. The topological polar surface area (TPSA) is 68.0 Å². The first kappa shape index (κ1) is 19.4. The molecule has 1 saturated carbocycles. The van der Waals surface area contributed by atoms with Crippen molar-refractivity contribution < 1.29 is 9.21 Å². The fourth-order valence-electron chi connectivity index (χ4n) is 3.06. The zero-order valence-corrected chi connectivity index (χ0v) is 17.3. The molecular weight excluding hydrogens is 366 g/mol. The number of anilines is 1. The van der Waals surface area contributed by atoms with Gasteiger partial charge >= 0.3 is 0 Å². The number of hydrogen-bond acceptors (Lipinski definition) is 6. The Hall–Kier alpha value is -1.34. The lowest BCUT2D eigenvalue weighted by Gasteiger charge is -2.20. The summed E-state index contributed by atoms with van der Waals surface area (Å²) in [6.45, 7) is 6.32. The number of amides is 1. The molecule has 0 aromatic carbocycles. The maximum Gasteiger partial charge on any atom is 0.226 e. The van der Waals surface area contributed by atoms with Crippen LogP contribution in [-0.2, 0) is 16.0 Å². The smallest absolute Gasteiger partial charge is 0.226 e. The number of nitrogens with one attached hydrogen (secondary N) is 1. The third kappa shape index (κ3) is 5.58. The van der Waals surface area contributed by atoms with Crippen molar-refractivity contribution in [1.29, 1.82) is 0 Å². The minimum Gasteiger partial charge on any atom is -0.444 e. The summed E-state index contributed by atoms with van der Waals surface area (Å²) in [6, 6.07) is 0. The minimum absolute atomic E-state index is 0.0316. The Morgan fingerprint density at radius 1 is 1.27 bits per heavy atom. The van der Waals surface area contributed by atoms with Gasteiger partial charge in [0.25, 0.3) is 0 Å². The van der Waals surface area contributed by atoms with Crippen molar-refractivity contribution in [1.82, 2.24) is 9.97 Å². The highest BCUT2D eigenvalue weighted by atomic mass is 32.2. The lowest BCUT2D eigenvalue weighted by atomic mass is 9.87. The second-order valence-electron chi connectivity index (χ2n) is 7.90. The van der Waals surface area contributed by atoms with Crippen LogP contribution in [0.2, 0.25) is 0 Å². The number of hydrogen-bond donors (Lipinski definition) is 1. The SMILES string of the molecule is CC(C)(C)c1cnc(CSc2cnc(NC(=O)CC3CCCCC3)s2)o1. The molecule has 2 heterocycles. The van der Waals surface area contributed by atoms with Crippen molar-refractivity contribution in [2.45, 2.75) is 74.7 Å². The van der Waals surface area contributed by atoms with Crippen LogP contribution in [0.5, 0.6) is 0 Å². The molecule has 0 radical (unpaired) electrons. The molecule has 0 atom stereocenters. The molecule has 5 nitrogen and oxygen atoms in total. The maximum absolute atomic E-state index is 12.2. The Morgan fingerprint density at radius 3 is 2.73 bits per heavy atom. The number of carbonyl (C=O) groups excluding carboxylic acids is 1. The molecule has 0 bridgehead atoms. The zero-order valence-electron chi connectivity index (χ0n) is 15.7. The van der Waals surface area contributed by atoms with E-state index in [-0.39, 0.29) is 11.3 Å². The molecule has 2 aromatic rings. The van der Waals surface area contributed by atoms with Crippen molar-refractivity contribution in [2.24, 2.45) is 5.92 Å². The van der Waals surface area contributed by atoms with E-state index in [9.17, 15) is 4.79 Å². The first-order valence-corrected chi connectivity index (χ1v) is 11.0. The van der Waals surface area contributed by atoms with Crippen LogP contribution in [0, 0.1) is 5.92 Å². The molecule has 0 spiro atoms. The number of thiazole rings is 1. The standard InChI is InChI=1S/C19H27N3O2S2/c1-19(2,3)14-10-20-16(24-14)12-25-17-11-21-18(26-17)22-15(23)9-13-7-5-4-6-8-13/h10-11,13H,4-9,12H2,1-3H3,(H,21,22,23). The van der Waals surface area contributed by atoms with E-state index in [0.29, 0.717) is 23.2 Å². The summed E-state index contributed by atoms with van der Waals surface area (Å²) in [4.78, 5) is 20.9. The summed E-state index contributed by atoms with van der Waals surface area (Å²) in [5.41, 5.74) is -0.0316. The van der Waals surface area contributed by atoms with Crippen molar-refractivity contribution in [3.8, 4) is 0 Å². The third-order valence-corrected chi connectivity index (χ3v) is 6.65. The van der Waals surface area contributed by atoms with Crippen LogP contribution in [-0.4, -0.2) is 15.9 Å². The minimum atomic E-state index is -0.0316. The number of rotatable bonds is 6. The lowest BCUT2D eigenvalue weighted by Crippen LogP contribution is -2.18. The molecule has 7 heteroatoms. The van der Waals surface area contributed by atoms with Gasteiger partial charge in [0, 0.05) is 11.8 Å². The van der Waals surface area contributed by atoms with Gasteiger partial charge in [-0.3, -0.25) is 4.79 Å². The highest BCUT2D eigenvalue weighted by Crippen LogP contribution is 2.32. The molecule has 3 rings (SSSR count). The van der Waals surface area contributed by atoms with Crippen LogP contribution < -0.4 is 5.32 Å².